The van der Waals surface area contributed by atoms with Crippen LogP contribution >= 0.6 is 23.7 Å². The van der Waals surface area contributed by atoms with E-state index in [0.29, 0.717) is 22.7 Å². The molecule has 0 aliphatic heterocycles. The summed E-state index contributed by atoms with van der Waals surface area (Å²) in [6.45, 7) is 3.64. The average Bonchev–Trinajstić information content (AvgIpc) is 3.83. The number of halogens is 2. The van der Waals surface area contributed by atoms with E-state index in [1.54, 1.807) is 48.9 Å². The van der Waals surface area contributed by atoms with Crippen molar-refractivity contribution in [2.75, 3.05) is 17.1 Å². The van der Waals surface area contributed by atoms with Gasteiger partial charge in [0.15, 0.2) is 5.75 Å². The second kappa shape index (κ2) is 11.5. The number of amides is 1. The van der Waals surface area contributed by atoms with Crippen LogP contribution in [0.3, 0.4) is 0 Å². The molecule has 3 aromatic rings. The summed E-state index contributed by atoms with van der Waals surface area (Å²) in [6, 6.07) is 9.98. The van der Waals surface area contributed by atoms with Gasteiger partial charge in [-0.2, -0.15) is 0 Å². The highest BCUT2D eigenvalue weighted by Gasteiger charge is 2.36. The summed E-state index contributed by atoms with van der Waals surface area (Å²) in [6.07, 6.45) is 3.67. The molecule has 2 aliphatic rings. The van der Waals surface area contributed by atoms with E-state index in [4.69, 9.17) is 16.3 Å². The molecule has 2 aromatic carbocycles. The van der Waals surface area contributed by atoms with Crippen molar-refractivity contribution in [3.8, 4) is 11.5 Å². The van der Waals surface area contributed by atoms with Gasteiger partial charge in [0.05, 0.1) is 16.9 Å². The molecule has 0 bridgehead atoms. The molecule has 1 aromatic heterocycles. The first-order valence-corrected chi connectivity index (χ1v) is 14.2. The summed E-state index contributed by atoms with van der Waals surface area (Å²) in [5.41, 5.74) is 1.76. The fourth-order valence-electron chi connectivity index (χ4n) is 4.38. The highest BCUT2D eigenvalue weighted by Crippen LogP contribution is 2.44. The Morgan fingerprint density at radius 2 is 1.95 bits per heavy atom. The number of pyridine rings is 1. The number of aromatic nitrogens is 1. The summed E-state index contributed by atoms with van der Waals surface area (Å²) in [5.74, 6) is -0.254. The number of carbonyl (C=O) groups excluding carboxylic acids is 1. The van der Waals surface area contributed by atoms with Crippen LogP contribution in [0.2, 0.25) is 5.02 Å². The van der Waals surface area contributed by atoms with Gasteiger partial charge in [0.2, 0.25) is 0 Å². The number of nitrogens with zero attached hydrogens (tertiary/aromatic N) is 1. The maximum Gasteiger partial charge on any atom is 0.259 e. The van der Waals surface area contributed by atoms with E-state index in [9.17, 15) is 9.59 Å². The van der Waals surface area contributed by atoms with E-state index < -0.39 is 5.82 Å². The number of ether oxygens (including phenoxy) is 1. The number of nitrogens with one attached hydrogen (secondary N) is 4. The number of carbonyl (C=O) groups is 1. The first-order valence-electron chi connectivity index (χ1n) is 13.0. The van der Waals surface area contributed by atoms with E-state index in [1.165, 1.54) is 18.2 Å². The number of benzene rings is 2. The Hall–Kier alpha value is -3.21. The third-order valence-electron chi connectivity index (χ3n) is 6.68. The summed E-state index contributed by atoms with van der Waals surface area (Å²) in [5, 5.41) is 6.42. The Kier molecular flexibility index (Phi) is 8.06. The summed E-state index contributed by atoms with van der Waals surface area (Å²) in [7, 11) is 1.77. The highest BCUT2D eigenvalue weighted by atomic mass is 35.5. The third-order valence-corrected chi connectivity index (χ3v) is 7.59. The number of anilines is 3. The minimum Gasteiger partial charge on any atom is -0.454 e. The van der Waals surface area contributed by atoms with E-state index in [0.717, 1.165) is 31.2 Å². The lowest BCUT2D eigenvalue weighted by Gasteiger charge is -2.24. The zero-order valence-corrected chi connectivity index (χ0v) is 23.6. The Balaban J connectivity index is 1.71. The van der Waals surface area contributed by atoms with Crippen molar-refractivity contribution in [2.45, 2.75) is 58.0 Å². The fourth-order valence-corrected chi connectivity index (χ4v) is 5.03. The second-order valence-electron chi connectivity index (χ2n) is 9.78. The standard InChI is InChI=1S/C28H31ClFN5O3S/c1-4-18-25(38-22-7-5-6-21(24(22)29)34-39-31-3)23(27(36)32-16-9-10-16)26(35(28(18)37)17-11-12-17)33-20-13-8-15(2)14-19(20)30/h5-8,13-14,16-17,31,33-34H,4,9-12H2,1-3H3,(H,32,36). The van der Waals surface area contributed by atoms with Crippen LogP contribution in [0.25, 0.3) is 0 Å². The van der Waals surface area contributed by atoms with Gasteiger partial charge in [0.25, 0.3) is 11.5 Å². The largest absolute Gasteiger partial charge is 0.454 e. The van der Waals surface area contributed by atoms with Crippen LogP contribution in [0.15, 0.2) is 41.2 Å². The van der Waals surface area contributed by atoms with Crippen molar-refractivity contribution >= 4 is 46.8 Å². The van der Waals surface area contributed by atoms with Gasteiger partial charge in [-0.25, -0.2) is 9.11 Å². The Bertz CT molecular complexity index is 1470. The summed E-state index contributed by atoms with van der Waals surface area (Å²) >= 11 is 7.91. The van der Waals surface area contributed by atoms with Crippen LogP contribution in [0.5, 0.6) is 11.5 Å². The molecule has 2 fully saturated rings. The molecule has 0 radical (unpaired) electrons. The van der Waals surface area contributed by atoms with E-state index >= 15 is 4.39 Å². The smallest absolute Gasteiger partial charge is 0.259 e. The van der Waals surface area contributed by atoms with Crippen molar-refractivity contribution in [1.29, 1.82) is 0 Å². The van der Waals surface area contributed by atoms with E-state index in [2.05, 4.69) is 20.1 Å². The van der Waals surface area contributed by atoms with Crippen LogP contribution in [-0.2, 0) is 6.42 Å². The van der Waals surface area contributed by atoms with Crippen molar-refractivity contribution in [1.82, 2.24) is 14.6 Å². The van der Waals surface area contributed by atoms with Crippen molar-refractivity contribution in [2.24, 2.45) is 0 Å². The Morgan fingerprint density at radius 3 is 2.59 bits per heavy atom. The first-order chi connectivity index (χ1) is 18.8. The zero-order chi connectivity index (χ0) is 27.7. The van der Waals surface area contributed by atoms with Gasteiger partial charge in [-0.1, -0.05) is 30.7 Å². The van der Waals surface area contributed by atoms with Crippen LogP contribution in [0, 0.1) is 12.7 Å². The molecule has 1 heterocycles. The summed E-state index contributed by atoms with van der Waals surface area (Å²) < 4.78 is 29.0. The maximum absolute atomic E-state index is 15.0. The molecule has 0 saturated heterocycles. The van der Waals surface area contributed by atoms with E-state index in [1.807, 2.05) is 6.92 Å². The molecular formula is C28H31ClFN5O3S. The molecular weight excluding hydrogens is 541 g/mol. The molecule has 1 amide bonds. The number of rotatable bonds is 11. The lowest BCUT2D eigenvalue weighted by molar-refractivity contribution is 0.0948. The number of hydrogen-bond acceptors (Lipinski definition) is 7. The Labute approximate surface area is 235 Å². The van der Waals surface area contributed by atoms with Gasteiger partial charge >= 0.3 is 0 Å². The fraction of sp³-hybridized carbons (Fsp3) is 0.357. The highest BCUT2D eigenvalue weighted by molar-refractivity contribution is 7.98. The Morgan fingerprint density at radius 1 is 1.18 bits per heavy atom. The molecule has 5 rings (SSSR count). The van der Waals surface area contributed by atoms with Gasteiger partial charge in [-0.15, -0.1) is 0 Å². The first kappa shape index (κ1) is 27.4. The molecule has 0 atom stereocenters. The SMILES string of the molecule is CCc1c(Oc2cccc(NSNC)c2Cl)c(C(=O)NC2CC2)c(Nc2ccc(C)cc2F)n(C2CC2)c1=O. The molecule has 2 aliphatic carbocycles. The molecule has 0 spiro atoms. The topological polar surface area (TPSA) is 96.4 Å². The molecule has 39 heavy (non-hydrogen) atoms. The minimum atomic E-state index is -0.482. The lowest BCUT2D eigenvalue weighted by atomic mass is 10.1. The van der Waals surface area contributed by atoms with Crippen LogP contribution in [-0.4, -0.2) is 23.6 Å². The van der Waals surface area contributed by atoms with Gasteiger partial charge in [0.1, 0.15) is 28.0 Å². The second-order valence-corrected chi connectivity index (χ2v) is 11.0. The quantitative estimate of drug-likeness (QED) is 0.196. The van der Waals surface area contributed by atoms with E-state index in [-0.39, 0.29) is 52.1 Å². The van der Waals surface area contributed by atoms with Gasteiger partial charge in [0, 0.05) is 24.2 Å². The molecule has 2 saturated carbocycles. The predicted molar refractivity (Wildman–Crippen MR) is 155 cm³/mol. The van der Waals surface area contributed by atoms with Gasteiger partial charge in [-0.3, -0.25) is 14.2 Å². The van der Waals surface area contributed by atoms with Gasteiger partial charge in [-0.05, 0) is 75.9 Å². The van der Waals surface area contributed by atoms with Crippen LogP contribution in [0.1, 0.15) is 60.1 Å². The van der Waals surface area contributed by atoms with Crippen LogP contribution < -0.4 is 30.4 Å². The number of hydrogen-bond donors (Lipinski definition) is 4. The number of aryl methyl sites for hydroxylation is 1. The average molecular weight is 572 g/mol. The predicted octanol–water partition coefficient (Wildman–Crippen LogP) is 6.47. The maximum atomic E-state index is 15.0. The zero-order valence-electron chi connectivity index (χ0n) is 22.0. The molecule has 11 heteroatoms. The molecule has 4 N–H and O–H groups in total. The molecule has 8 nitrogen and oxygen atoms in total. The van der Waals surface area contributed by atoms with Gasteiger partial charge < -0.3 is 20.1 Å². The monoisotopic (exact) mass is 571 g/mol. The van der Waals surface area contributed by atoms with Crippen molar-refractivity contribution < 1.29 is 13.9 Å². The summed E-state index contributed by atoms with van der Waals surface area (Å²) in [4.78, 5) is 27.7. The lowest BCUT2D eigenvalue weighted by Crippen LogP contribution is -2.33. The van der Waals surface area contributed by atoms with Crippen molar-refractivity contribution in [3.63, 3.8) is 0 Å². The molecule has 0 unspecified atom stereocenters. The van der Waals surface area contributed by atoms with Crippen LogP contribution in [0.4, 0.5) is 21.6 Å². The normalized spacial score (nSPS) is 14.7. The minimum absolute atomic E-state index is 0.0513. The molecule has 206 valence electrons. The third kappa shape index (κ3) is 5.88. The van der Waals surface area contributed by atoms with Crippen molar-refractivity contribution in [3.05, 3.63) is 74.3 Å².